The maximum atomic E-state index is 6.11. The van der Waals surface area contributed by atoms with Crippen molar-refractivity contribution in [1.29, 1.82) is 0 Å². The van der Waals surface area contributed by atoms with Gasteiger partial charge in [-0.2, -0.15) is 0 Å². The highest BCUT2D eigenvalue weighted by molar-refractivity contribution is 5.13. The Balaban J connectivity index is 1.36. The van der Waals surface area contributed by atoms with Gasteiger partial charge in [0.1, 0.15) is 6.10 Å². The van der Waals surface area contributed by atoms with Gasteiger partial charge < -0.3 is 18.9 Å². The largest absolute Gasteiger partial charge is 0.377 e. The molecular weight excluding hydrogens is 280 g/mol. The Labute approximate surface area is 132 Å². The smallest absolute Gasteiger partial charge is 0.197 e. The summed E-state index contributed by atoms with van der Waals surface area (Å²) in [6, 6.07) is 10.3. The van der Waals surface area contributed by atoms with Gasteiger partial charge in [-0.05, 0) is 24.8 Å². The van der Waals surface area contributed by atoms with E-state index in [-0.39, 0.29) is 12.2 Å². The fraction of sp³-hybridized carbons (Fsp3) is 0.667. The van der Waals surface area contributed by atoms with E-state index in [9.17, 15) is 0 Å². The van der Waals surface area contributed by atoms with Crippen molar-refractivity contribution in [3.05, 3.63) is 35.9 Å². The van der Waals surface area contributed by atoms with Gasteiger partial charge in [-0.25, -0.2) is 0 Å². The SMILES string of the molecule is CC[C@H]1O[C@@H](CCCOCc2ccccc2)CC12OCCO2. The number of benzene rings is 1. The lowest BCUT2D eigenvalue weighted by molar-refractivity contribution is -0.190. The molecule has 1 spiro atoms. The van der Waals surface area contributed by atoms with Crippen LogP contribution >= 0.6 is 0 Å². The molecule has 1 aromatic rings. The topological polar surface area (TPSA) is 36.9 Å². The minimum atomic E-state index is -0.468. The molecule has 0 N–H and O–H groups in total. The standard InChI is InChI=1S/C18H26O4/c1-2-17-18(20-11-12-21-18)13-16(22-17)9-6-10-19-14-15-7-4-3-5-8-15/h3-5,7-8,16-17H,2,6,9-14H2,1H3/t16-,17+/m0/s1. The van der Waals surface area contributed by atoms with E-state index in [4.69, 9.17) is 18.9 Å². The van der Waals surface area contributed by atoms with Crippen molar-refractivity contribution in [2.24, 2.45) is 0 Å². The summed E-state index contributed by atoms with van der Waals surface area (Å²) in [5.74, 6) is -0.468. The second-order valence-corrected chi connectivity index (χ2v) is 6.05. The van der Waals surface area contributed by atoms with Crippen LogP contribution in [0.15, 0.2) is 30.3 Å². The summed E-state index contributed by atoms with van der Waals surface area (Å²) in [4.78, 5) is 0. The molecule has 2 fully saturated rings. The molecule has 122 valence electrons. The molecule has 2 heterocycles. The predicted molar refractivity (Wildman–Crippen MR) is 83.5 cm³/mol. The Hall–Kier alpha value is -0.940. The van der Waals surface area contributed by atoms with E-state index >= 15 is 0 Å². The van der Waals surface area contributed by atoms with E-state index in [2.05, 4.69) is 19.1 Å². The molecule has 0 amide bonds. The molecule has 22 heavy (non-hydrogen) atoms. The minimum Gasteiger partial charge on any atom is -0.377 e. The first kappa shape index (κ1) is 15.9. The third-order valence-electron chi connectivity index (χ3n) is 4.43. The van der Waals surface area contributed by atoms with Crippen LogP contribution in [-0.4, -0.2) is 37.8 Å². The van der Waals surface area contributed by atoms with Crippen LogP contribution in [0.2, 0.25) is 0 Å². The van der Waals surface area contributed by atoms with Crippen molar-refractivity contribution in [3.8, 4) is 0 Å². The number of rotatable bonds is 7. The van der Waals surface area contributed by atoms with E-state index in [1.807, 2.05) is 18.2 Å². The van der Waals surface area contributed by atoms with Crippen LogP contribution in [0.1, 0.15) is 38.2 Å². The van der Waals surface area contributed by atoms with E-state index in [1.54, 1.807) is 0 Å². The quantitative estimate of drug-likeness (QED) is 0.724. The van der Waals surface area contributed by atoms with Crippen LogP contribution < -0.4 is 0 Å². The molecule has 4 nitrogen and oxygen atoms in total. The summed E-state index contributed by atoms with van der Waals surface area (Å²) in [7, 11) is 0. The Bertz CT molecular complexity index is 442. The Kier molecular flexibility index (Phi) is 5.47. The van der Waals surface area contributed by atoms with Gasteiger partial charge in [0.15, 0.2) is 5.79 Å². The number of ether oxygens (including phenoxy) is 4. The van der Waals surface area contributed by atoms with Crippen LogP contribution in [0, 0.1) is 0 Å². The molecule has 0 unspecified atom stereocenters. The summed E-state index contributed by atoms with van der Waals surface area (Å²) in [6.07, 6.45) is 4.09. The summed E-state index contributed by atoms with van der Waals surface area (Å²) >= 11 is 0. The first-order chi connectivity index (χ1) is 10.8. The Morgan fingerprint density at radius 2 is 1.95 bits per heavy atom. The van der Waals surface area contributed by atoms with Gasteiger partial charge in [-0.15, -0.1) is 0 Å². The highest BCUT2D eigenvalue weighted by Crippen LogP contribution is 2.40. The van der Waals surface area contributed by atoms with E-state index < -0.39 is 5.79 Å². The molecule has 0 aromatic heterocycles. The maximum absolute atomic E-state index is 6.11. The lowest BCUT2D eigenvalue weighted by atomic mass is 10.0. The van der Waals surface area contributed by atoms with Crippen LogP contribution in [0.25, 0.3) is 0 Å². The normalized spacial score (nSPS) is 26.8. The van der Waals surface area contributed by atoms with Crippen molar-refractivity contribution < 1.29 is 18.9 Å². The molecule has 2 aliphatic rings. The van der Waals surface area contributed by atoms with Gasteiger partial charge in [0.25, 0.3) is 0 Å². The molecule has 3 rings (SSSR count). The summed E-state index contributed by atoms with van der Waals surface area (Å²) in [5.41, 5.74) is 1.22. The molecule has 2 aliphatic heterocycles. The molecule has 0 saturated carbocycles. The molecular formula is C18H26O4. The fourth-order valence-corrected chi connectivity index (χ4v) is 3.36. The van der Waals surface area contributed by atoms with Crippen LogP contribution in [0.3, 0.4) is 0 Å². The zero-order chi connectivity index (χ0) is 15.3. The number of hydrogen-bond acceptors (Lipinski definition) is 4. The molecule has 4 heteroatoms. The predicted octanol–water partition coefficient (Wildman–Crippen LogP) is 3.29. The van der Waals surface area contributed by atoms with E-state index in [0.29, 0.717) is 19.8 Å². The summed E-state index contributed by atoms with van der Waals surface area (Å²) in [6.45, 7) is 4.95. The lowest BCUT2D eigenvalue weighted by Crippen LogP contribution is -2.38. The molecule has 1 aromatic carbocycles. The number of hydrogen-bond donors (Lipinski definition) is 0. The average Bonchev–Trinajstić information content (AvgIpc) is 3.16. The fourth-order valence-electron chi connectivity index (χ4n) is 3.36. The first-order valence-electron chi connectivity index (χ1n) is 8.37. The van der Waals surface area contributed by atoms with Crippen molar-refractivity contribution in [2.75, 3.05) is 19.8 Å². The minimum absolute atomic E-state index is 0.0743. The molecule has 0 bridgehead atoms. The third kappa shape index (κ3) is 3.69. The highest BCUT2D eigenvalue weighted by atomic mass is 16.8. The van der Waals surface area contributed by atoms with Gasteiger partial charge in [-0.3, -0.25) is 0 Å². The first-order valence-corrected chi connectivity index (χ1v) is 8.37. The molecule has 2 atom stereocenters. The molecule has 2 saturated heterocycles. The zero-order valence-electron chi connectivity index (χ0n) is 13.3. The second kappa shape index (κ2) is 7.55. The average molecular weight is 306 g/mol. The van der Waals surface area contributed by atoms with Crippen molar-refractivity contribution in [1.82, 2.24) is 0 Å². The van der Waals surface area contributed by atoms with Crippen molar-refractivity contribution in [3.63, 3.8) is 0 Å². The van der Waals surface area contributed by atoms with Crippen LogP contribution in [-0.2, 0) is 25.6 Å². The zero-order valence-corrected chi connectivity index (χ0v) is 13.3. The van der Waals surface area contributed by atoms with Gasteiger partial charge in [0, 0.05) is 13.0 Å². The van der Waals surface area contributed by atoms with E-state index in [0.717, 1.165) is 32.3 Å². The van der Waals surface area contributed by atoms with Gasteiger partial charge in [-0.1, -0.05) is 37.3 Å². The Morgan fingerprint density at radius 1 is 1.18 bits per heavy atom. The Morgan fingerprint density at radius 3 is 2.68 bits per heavy atom. The monoisotopic (exact) mass is 306 g/mol. The third-order valence-corrected chi connectivity index (χ3v) is 4.43. The summed E-state index contributed by atoms with van der Waals surface area (Å²) < 4.78 is 23.5. The van der Waals surface area contributed by atoms with Crippen LogP contribution in [0.5, 0.6) is 0 Å². The lowest BCUT2D eigenvalue weighted by Gasteiger charge is -2.26. The maximum Gasteiger partial charge on any atom is 0.197 e. The molecule has 0 radical (unpaired) electrons. The molecule has 0 aliphatic carbocycles. The van der Waals surface area contributed by atoms with Crippen molar-refractivity contribution in [2.45, 2.75) is 57.2 Å². The second-order valence-electron chi connectivity index (χ2n) is 6.05. The van der Waals surface area contributed by atoms with E-state index in [1.165, 1.54) is 5.56 Å². The van der Waals surface area contributed by atoms with Crippen molar-refractivity contribution >= 4 is 0 Å². The van der Waals surface area contributed by atoms with Gasteiger partial charge in [0.05, 0.1) is 25.9 Å². The highest BCUT2D eigenvalue weighted by Gasteiger charge is 2.51. The van der Waals surface area contributed by atoms with Gasteiger partial charge in [0.2, 0.25) is 0 Å². The van der Waals surface area contributed by atoms with Crippen LogP contribution in [0.4, 0.5) is 0 Å². The summed E-state index contributed by atoms with van der Waals surface area (Å²) in [5, 5.41) is 0. The van der Waals surface area contributed by atoms with Gasteiger partial charge >= 0.3 is 0 Å².